The second-order valence-corrected chi connectivity index (χ2v) is 5.14. The van der Waals surface area contributed by atoms with Crippen LogP contribution >= 0.6 is 22.9 Å². The molecule has 0 spiro atoms. The Hall–Kier alpha value is -0.0500. The summed E-state index contributed by atoms with van der Waals surface area (Å²) >= 11 is 7.79. The molecule has 0 saturated heterocycles. The van der Waals surface area contributed by atoms with E-state index in [2.05, 4.69) is 17.6 Å². The molecule has 14 heavy (non-hydrogen) atoms. The Morgan fingerprint density at radius 1 is 1.50 bits per heavy atom. The van der Waals surface area contributed by atoms with Gasteiger partial charge >= 0.3 is 0 Å². The normalized spacial score (nSPS) is 13.1. The van der Waals surface area contributed by atoms with Crippen molar-refractivity contribution in [2.24, 2.45) is 5.92 Å². The number of aryl methyl sites for hydroxylation is 1. The summed E-state index contributed by atoms with van der Waals surface area (Å²) in [6.45, 7) is 3.41. The topological polar surface area (TPSA) is 12.0 Å². The van der Waals surface area contributed by atoms with Gasteiger partial charge in [0, 0.05) is 4.88 Å². The van der Waals surface area contributed by atoms with E-state index in [1.54, 1.807) is 11.3 Å². The van der Waals surface area contributed by atoms with Crippen molar-refractivity contribution < 1.29 is 0 Å². The smallest absolute Gasteiger partial charge is 0.0544 e. The van der Waals surface area contributed by atoms with Crippen molar-refractivity contribution >= 4 is 22.9 Å². The number of thiophene rings is 1. The highest BCUT2D eigenvalue weighted by Crippen LogP contribution is 2.25. The first-order chi connectivity index (χ1) is 6.74. The van der Waals surface area contributed by atoms with Gasteiger partial charge in [0.15, 0.2) is 0 Å². The lowest BCUT2D eigenvalue weighted by Gasteiger charge is -2.09. The van der Waals surface area contributed by atoms with Crippen LogP contribution in [0.1, 0.15) is 24.6 Å². The zero-order valence-corrected chi connectivity index (χ0v) is 10.4. The number of nitrogens with one attached hydrogen (secondary N) is 1. The minimum Gasteiger partial charge on any atom is -0.320 e. The maximum atomic E-state index is 6.03. The van der Waals surface area contributed by atoms with E-state index in [0.29, 0.717) is 0 Å². The average Bonchev–Trinajstić information content (AvgIpc) is 2.58. The van der Waals surface area contributed by atoms with E-state index < -0.39 is 0 Å². The molecule has 1 aromatic heterocycles. The Balaban J connectivity index is 2.23. The highest BCUT2D eigenvalue weighted by Gasteiger charge is 2.05. The quantitative estimate of drug-likeness (QED) is 0.789. The molecule has 1 rings (SSSR count). The molecule has 3 heteroatoms. The Kier molecular flexibility index (Phi) is 5.53. The third-order valence-electron chi connectivity index (χ3n) is 2.44. The average molecular weight is 232 g/mol. The molecular weight excluding hydrogens is 214 g/mol. The van der Waals surface area contributed by atoms with Crippen LogP contribution in [0.15, 0.2) is 11.4 Å². The van der Waals surface area contributed by atoms with Crippen molar-refractivity contribution in [2.75, 3.05) is 13.6 Å². The second kappa shape index (κ2) is 6.44. The Morgan fingerprint density at radius 3 is 2.86 bits per heavy atom. The van der Waals surface area contributed by atoms with Gasteiger partial charge in [-0.15, -0.1) is 11.3 Å². The van der Waals surface area contributed by atoms with E-state index in [-0.39, 0.29) is 0 Å². The van der Waals surface area contributed by atoms with Crippen molar-refractivity contribution in [3.8, 4) is 0 Å². The highest BCUT2D eigenvalue weighted by molar-refractivity contribution is 7.10. The van der Waals surface area contributed by atoms with E-state index in [1.807, 2.05) is 13.1 Å². The van der Waals surface area contributed by atoms with Gasteiger partial charge in [-0.1, -0.05) is 18.5 Å². The summed E-state index contributed by atoms with van der Waals surface area (Å²) in [6.07, 6.45) is 3.61. The van der Waals surface area contributed by atoms with Crippen LogP contribution in [0.5, 0.6) is 0 Å². The van der Waals surface area contributed by atoms with Crippen LogP contribution in [0.3, 0.4) is 0 Å². The SMILES string of the molecule is CNCCC(C)CCc1sccc1Cl. The van der Waals surface area contributed by atoms with Crippen molar-refractivity contribution in [1.82, 2.24) is 5.32 Å². The van der Waals surface area contributed by atoms with Gasteiger partial charge in [0.2, 0.25) is 0 Å². The summed E-state index contributed by atoms with van der Waals surface area (Å²) < 4.78 is 0. The van der Waals surface area contributed by atoms with Crippen molar-refractivity contribution in [2.45, 2.75) is 26.2 Å². The molecule has 0 aliphatic carbocycles. The van der Waals surface area contributed by atoms with E-state index in [9.17, 15) is 0 Å². The summed E-state index contributed by atoms with van der Waals surface area (Å²) in [4.78, 5) is 1.34. The first-order valence-electron chi connectivity index (χ1n) is 5.10. The maximum Gasteiger partial charge on any atom is 0.0544 e. The summed E-state index contributed by atoms with van der Waals surface area (Å²) in [6, 6.07) is 1.99. The summed E-state index contributed by atoms with van der Waals surface area (Å²) in [7, 11) is 2.00. The lowest BCUT2D eigenvalue weighted by molar-refractivity contribution is 0.483. The van der Waals surface area contributed by atoms with E-state index in [0.717, 1.165) is 23.9 Å². The predicted molar refractivity (Wildman–Crippen MR) is 65.4 cm³/mol. The van der Waals surface area contributed by atoms with Crippen molar-refractivity contribution in [3.63, 3.8) is 0 Å². The van der Waals surface area contributed by atoms with Gasteiger partial charge in [-0.05, 0) is 50.2 Å². The molecule has 80 valence electrons. The molecule has 0 bridgehead atoms. The molecule has 0 aliphatic heterocycles. The summed E-state index contributed by atoms with van der Waals surface area (Å²) in [5, 5.41) is 6.19. The standard InChI is InChI=1S/C11H18ClNS/c1-9(5-7-13-2)3-4-11-10(12)6-8-14-11/h6,8-9,13H,3-5,7H2,1-2H3. The molecule has 1 nitrogen and oxygen atoms in total. The van der Waals surface area contributed by atoms with Gasteiger partial charge in [-0.25, -0.2) is 0 Å². The predicted octanol–water partition coefficient (Wildman–Crippen LogP) is 3.58. The molecular formula is C11H18ClNS. The molecule has 1 unspecified atom stereocenters. The molecule has 0 aromatic carbocycles. The van der Waals surface area contributed by atoms with Crippen LogP contribution in [-0.2, 0) is 6.42 Å². The Morgan fingerprint density at radius 2 is 2.29 bits per heavy atom. The van der Waals surface area contributed by atoms with Crippen LogP contribution in [0.2, 0.25) is 5.02 Å². The molecule has 1 heterocycles. The van der Waals surface area contributed by atoms with Gasteiger partial charge in [0.1, 0.15) is 0 Å². The number of hydrogen-bond donors (Lipinski definition) is 1. The number of hydrogen-bond acceptors (Lipinski definition) is 2. The van der Waals surface area contributed by atoms with E-state index >= 15 is 0 Å². The van der Waals surface area contributed by atoms with Crippen LogP contribution in [-0.4, -0.2) is 13.6 Å². The number of halogens is 1. The Bertz CT molecular complexity index is 260. The molecule has 1 N–H and O–H groups in total. The van der Waals surface area contributed by atoms with Gasteiger partial charge in [-0.3, -0.25) is 0 Å². The second-order valence-electron chi connectivity index (χ2n) is 3.73. The minimum atomic E-state index is 0.778. The largest absolute Gasteiger partial charge is 0.320 e. The van der Waals surface area contributed by atoms with E-state index in [4.69, 9.17) is 11.6 Å². The zero-order chi connectivity index (χ0) is 10.4. The first-order valence-corrected chi connectivity index (χ1v) is 6.36. The highest BCUT2D eigenvalue weighted by atomic mass is 35.5. The fourth-order valence-electron chi connectivity index (χ4n) is 1.42. The molecule has 0 amide bonds. The molecule has 0 fully saturated rings. The first kappa shape index (κ1) is 12.0. The van der Waals surface area contributed by atoms with Crippen molar-refractivity contribution in [1.29, 1.82) is 0 Å². The lowest BCUT2D eigenvalue weighted by atomic mass is 10.0. The van der Waals surface area contributed by atoms with Gasteiger partial charge in [0.05, 0.1) is 5.02 Å². The van der Waals surface area contributed by atoms with Crippen LogP contribution in [0.4, 0.5) is 0 Å². The maximum absolute atomic E-state index is 6.03. The summed E-state index contributed by atoms with van der Waals surface area (Å²) in [5.41, 5.74) is 0. The van der Waals surface area contributed by atoms with Gasteiger partial charge in [0.25, 0.3) is 0 Å². The molecule has 1 atom stereocenters. The van der Waals surface area contributed by atoms with Gasteiger partial charge in [-0.2, -0.15) is 0 Å². The molecule has 1 aromatic rings. The van der Waals surface area contributed by atoms with Gasteiger partial charge < -0.3 is 5.32 Å². The molecule has 0 saturated carbocycles. The lowest BCUT2D eigenvalue weighted by Crippen LogP contribution is -2.11. The van der Waals surface area contributed by atoms with Crippen LogP contribution in [0.25, 0.3) is 0 Å². The fraction of sp³-hybridized carbons (Fsp3) is 0.636. The monoisotopic (exact) mass is 231 g/mol. The molecule has 0 radical (unpaired) electrons. The van der Waals surface area contributed by atoms with Crippen LogP contribution in [0, 0.1) is 5.92 Å². The third-order valence-corrected chi connectivity index (χ3v) is 3.89. The minimum absolute atomic E-state index is 0.778. The number of rotatable bonds is 6. The van der Waals surface area contributed by atoms with E-state index in [1.165, 1.54) is 17.7 Å². The molecule has 0 aliphatic rings. The zero-order valence-electron chi connectivity index (χ0n) is 8.85. The van der Waals surface area contributed by atoms with Crippen molar-refractivity contribution in [3.05, 3.63) is 21.3 Å². The van der Waals surface area contributed by atoms with Crippen LogP contribution < -0.4 is 5.32 Å². The fourth-order valence-corrected chi connectivity index (χ4v) is 2.57. The Labute approximate surface area is 95.5 Å². The third kappa shape index (κ3) is 3.99. The summed E-state index contributed by atoms with van der Waals surface area (Å²) in [5.74, 6) is 0.778.